The third-order valence-electron chi connectivity index (χ3n) is 2.80. The first-order valence-corrected chi connectivity index (χ1v) is 6.29. The highest BCUT2D eigenvalue weighted by molar-refractivity contribution is 7.16. The van der Waals surface area contributed by atoms with Crippen molar-refractivity contribution in [3.05, 3.63) is 57.7 Å². The zero-order valence-corrected chi connectivity index (χ0v) is 10.2. The number of H-pyrrole nitrogens is 1. The summed E-state index contributed by atoms with van der Waals surface area (Å²) in [6.07, 6.45) is 0. The van der Waals surface area contributed by atoms with E-state index < -0.39 is 0 Å². The van der Waals surface area contributed by atoms with Crippen LogP contribution in [0, 0.1) is 6.92 Å². The van der Waals surface area contributed by atoms with Crippen LogP contribution in [0.3, 0.4) is 0 Å². The van der Waals surface area contributed by atoms with Gasteiger partial charge in [-0.25, -0.2) is 0 Å². The third-order valence-corrected chi connectivity index (χ3v) is 3.63. The standard InChI is InChI=1S/C14H11NOS/c1-9-3-2-4-10(7-9)12-8-13(16)15-14-11(12)5-6-17-14/h2-8H,1H3,(H,15,16). The summed E-state index contributed by atoms with van der Waals surface area (Å²) in [5.74, 6) is 0. The molecule has 0 bridgehead atoms. The molecule has 84 valence electrons. The Balaban J connectivity index is 2.36. The fourth-order valence-electron chi connectivity index (χ4n) is 2.03. The molecule has 0 unspecified atom stereocenters. The molecule has 0 amide bonds. The van der Waals surface area contributed by atoms with Gasteiger partial charge in [0.15, 0.2) is 0 Å². The maximum Gasteiger partial charge on any atom is 0.249 e. The van der Waals surface area contributed by atoms with Gasteiger partial charge in [-0.15, -0.1) is 11.3 Å². The molecule has 3 rings (SSSR count). The minimum absolute atomic E-state index is 0.0449. The average Bonchev–Trinajstić information content (AvgIpc) is 2.75. The Morgan fingerprint density at radius 2 is 2.06 bits per heavy atom. The molecule has 2 nitrogen and oxygen atoms in total. The van der Waals surface area contributed by atoms with Crippen molar-refractivity contribution in [2.45, 2.75) is 6.92 Å². The van der Waals surface area contributed by atoms with Gasteiger partial charge in [0.05, 0.1) is 0 Å². The largest absolute Gasteiger partial charge is 0.314 e. The lowest BCUT2D eigenvalue weighted by molar-refractivity contribution is 1.33. The highest BCUT2D eigenvalue weighted by Gasteiger charge is 2.06. The predicted molar refractivity (Wildman–Crippen MR) is 72.6 cm³/mol. The molecule has 0 aliphatic carbocycles. The molecule has 0 saturated carbocycles. The van der Waals surface area contributed by atoms with Crippen LogP contribution in [0.1, 0.15) is 5.56 Å². The highest BCUT2D eigenvalue weighted by atomic mass is 32.1. The number of hydrogen-bond acceptors (Lipinski definition) is 2. The second-order valence-electron chi connectivity index (χ2n) is 4.08. The lowest BCUT2D eigenvalue weighted by Crippen LogP contribution is -2.03. The first-order valence-electron chi connectivity index (χ1n) is 5.41. The number of thiophene rings is 1. The summed E-state index contributed by atoms with van der Waals surface area (Å²) in [5, 5.41) is 3.11. The highest BCUT2D eigenvalue weighted by Crippen LogP contribution is 2.29. The number of fused-ring (bicyclic) bond motifs is 1. The predicted octanol–water partition coefficient (Wildman–Crippen LogP) is 3.57. The Bertz CT molecular complexity index is 739. The van der Waals surface area contributed by atoms with E-state index in [1.54, 1.807) is 17.4 Å². The van der Waals surface area contributed by atoms with E-state index in [1.807, 2.05) is 23.6 Å². The van der Waals surface area contributed by atoms with Crippen molar-refractivity contribution in [3.63, 3.8) is 0 Å². The van der Waals surface area contributed by atoms with Crippen LogP contribution in [0.5, 0.6) is 0 Å². The second kappa shape index (κ2) is 3.86. The van der Waals surface area contributed by atoms with E-state index in [4.69, 9.17) is 0 Å². The van der Waals surface area contributed by atoms with Crippen molar-refractivity contribution in [1.29, 1.82) is 0 Å². The zero-order valence-electron chi connectivity index (χ0n) is 9.36. The zero-order chi connectivity index (χ0) is 11.8. The van der Waals surface area contributed by atoms with E-state index in [2.05, 4.69) is 24.0 Å². The number of nitrogens with one attached hydrogen (secondary N) is 1. The van der Waals surface area contributed by atoms with Crippen LogP contribution >= 0.6 is 11.3 Å². The molecule has 0 spiro atoms. The number of benzene rings is 1. The fraction of sp³-hybridized carbons (Fsp3) is 0.0714. The van der Waals surface area contributed by atoms with Crippen molar-refractivity contribution in [1.82, 2.24) is 4.98 Å². The Hall–Kier alpha value is -1.87. The maximum absolute atomic E-state index is 11.6. The summed E-state index contributed by atoms with van der Waals surface area (Å²) in [7, 11) is 0. The van der Waals surface area contributed by atoms with E-state index in [-0.39, 0.29) is 5.56 Å². The van der Waals surface area contributed by atoms with Crippen molar-refractivity contribution >= 4 is 21.6 Å². The molecule has 3 aromatic rings. The summed E-state index contributed by atoms with van der Waals surface area (Å²) in [4.78, 5) is 15.4. The number of aryl methyl sites for hydroxylation is 1. The minimum Gasteiger partial charge on any atom is -0.314 e. The van der Waals surface area contributed by atoms with Gasteiger partial charge in [0, 0.05) is 11.5 Å². The van der Waals surface area contributed by atoms with Crippen LogP contribution in [0.25, 0.3) is 21.3 Å². The molecule has 3 heteroatoms. The van der Waals surface area contributed by atoms with Gasteiger partial charge in [0.1, 0.15) is 4.83 Å². The van der Waals surface area contributed by atoms with Crippen molar-refractivity contribution in [2.24, 2.45) is 0 Å². The van der Waals surface area contributed by atoms with E-state index in [9.17, 15) is 4.79 Å². The third kappa shape index (κ3) is 1.78. The van der Waals surface area contributed by atoms with Crippen LogP contribution in [-0.2, 0) is 0 Å². The van der Waals surface area contributed by atoms with Crippen LogP contribution < -0.4 is 5.56 Å². The average molecular weight is 241 g/mol. The summed E-state index contributed by atoms with van der Waals surface area (Å²) < 4.78 is 0. The Kier molecular flexibility index (Phi) is 2.34. The molecule has 0 saturated heterocycles. The smallest absolute Gasteiger partial charge is 0.249 e. The van der Waals surface area contributed by atoms with Crippen LogP contribution in [-0.4, -0.2) is 4.98 Å². The fourth-order valence-corrected chi connectivity index (χ4v) is 2.83. The van der Waals surface area contributed by atoms with Crippen LogP contribution in [0.2, 0.25) is 0 Å². The lowest BCUT2D eigenvalue weighted by Gasteiger charge is -2.04. The molecule has 2 heterocycles. The van der Waals surface area contributed by atoms with E-state index in [0.29, 0.717) is 0 Å². The van der Waals surface area contributed by atoms with Crippen molar-refractivity contribution in [3.8, 4) is 11.1 Å². The van der Waals surface area contributed by atoms with Gasteiger partial charge in [-0.05, 0) is 29.5 Å². The molecule has 1 N–H and O–H groups in total. The minimum atomic E-state index is -0.0449. The summed E-state index contributed by atoms with van der Waals surface area (Å²) in [6, 6.07) is 11.9. The molecule has 1 aromatic carbocycles. The van der Waals surface area contributed by atoms with Gasteiger partial charge in [-0.2, -0.15) is 0 Å². The molecule has 0 radical (unpaired) electrons. The van der Waals surface area contributed by atoms with Gasteiger partial charge in [-0.3, -0.25) is 4.79 Å². The number of hydrogen-bond donors (Lipinski definition) is 1. The molecule has 0 aliphatic heterocycles. The van der Waals surface area contributed by atoms with Crippen LogP contribution in [0.4, 0.5) is 0 Å². The van der Waals surface area contributed by atoms with Gasteiger partial charge < -0.3 is 4.98 Å². The number of aromatic nitrogens is 1. The number of rotatable bonds is 1. The normalized spacial score (nSPS) is 10.9. The van der Waals surface area contributed by atoms with E-state index in [0.717, 1.165) is 21.3 Å². The van der Waals surface area contributed by atoms with E-state index >= 15 is 0 Å². The number of pyridine rings is 1. The second-order valence-corrected chi connectivity index (χ2v) is 5.00. The Morgan fingerprint density at radius 3 is 2.88 bits per heavy atom. The molecule has 2 aromatic heterocycles. The van der Waals surface area contributed by atoms with Gasteiger partial charge in [0.2, 0.25) is 5.56 Å². The Morgan fingerprint density at radius 1 is 1.18 bits per heavy atom. The molecule has 0 fully saturated rings. The topological polar surface area (TPSA) is 32.9 Å². The Labute approximate surface area is 103 Å². The molecule has 0 aliphatic rings. The first kappa shape index (κ1) is 10.3. The molecule has 0 atom stereocenters. The molecule has 17 heavy (non-hydrogen) atoms. The summed E-state index contributed by atoms with van der Waals surface area (Å²) in [6.45, 7) is 2.06. The van der Waals surface area contributed by atoms with Gasteiger partial charge in [0.25, 0.3) is 0 Å². The van der Waals surface area contributed by atoms with Gasteiger partial charge in [-0.1, -0.05) is 29.8 Å². The monoisotopic (exact) mass is 241 g/mol. The lowest BCUT2D eigenvalue weighted by atomic mass is 10.0. The van der Waals surface area contributed by atoms with Crippen molar-refractivity contribution < 1.29 is 0 Å². The maximum atomic E-state index is 11.6. The molecular formula is C14H11NOS. The number of aromatic amines is 1. The van der Waals surface area contributed by atoms with Crippen LogP contribution in [0.15, 0.2) is 46.6 Å². The first-order chi connectivity index (χ1) is 8.24. The SMILES string of the molecule is Cc1cccc(-c2cc(=O)[nH]c3sccc23)c1. The summed E-state index contributed by atoms with van der Waals surface area (Å²) >= 11 is 1.56. The van der Waals surface area contributed by atoms with E-state index in [1.165, 1.54) is 5.56 Å². The van der Waals surface area contributed by atoms with Gasteiger partial charge >= 0.3 is 0 Å². The molecular weight excluding hydrogens is 230 g/mol. The quantitative estimate of drug-likeness (QED) is 0.694. The summed E-state index contributed by atoms with van der Waals surface area (Å²) in [5.41, 5.74) is 3.26. The van der Waals surface area contributed by atoms with Crippen molar-refractivity contribution in [2.75, 3.05) is 0 Å².